The molecule has 0 amide bonds. The number of para-hydroxylation sites is 1. The van der Waals surface area contributed by atoms with Crippen LogP contribution in [0.15, 0.2) is 18.2 Å². The maximum atomic E-state index is 13.4. The number of carbonyl (C=O) groups is 1. The van der Waals surface area contributed by atoms with Gasteiger partial charge in [0.25, 0.3) is 0 Å². The molecule has 1 aromatic carbocycles. The maximum absolute atomic E-state index is 13.4. The van der Waals surface area contributed by atoms with Crippen LogP contribution in [0.3, 0.4) is 0 Å². The summed E-state index contributed by atoms with van der Waals surface area (Å²) >= 11 is 0. The molecule has 0 saturated heterocycles. The van der Waals surface area contributed by atoms with Crippen molar-refractivity contribution in [3.05, 3.63) is 29.6 Å². The van der Waals surface area contributed by atoms with Crippen molar-refractivity contribution >= 4 is 5.97 Å². The third-order valence-corrected chi connectivity index (χ3v) is 2.30. The summed E-state index contributed by atoms with van der Waals surface area (Å²) in [6, 6.07) is 4.35. The monoisotopic (exact) mass is 227 g/mol. The summed E-state index contributed by atoms with van der Waals surface area (Å²) in [5, 5.41) is 0. The number of carbonyl (C=O) groups excluding carboxylic acids is 1. The zero-order valence-electron chi connectivity index (χ0n) is 9.20. The molecular weight excluding hydrogens is 213 g/mol. The minimum Gasteiger partial charge on any atom is -0.493 e. The second-order valence-corrected chi connectivity index (χ2v) is 3.17. The molecule has 0 aliphatic heterocycles. The van der Waals surface area contributed by atoms with E-state index in [0.717, 1.165) is 0 Å². The van der Waals surface area contributed by atoms with Crippen LogP contribution in [-0.4, -0.2) is 26.7 Å². The standard InChI is InChI=1S/C11H14FNO3/c1-15-10-7(4-3-5-9(10)12)8(6-13)11(14)16-2/h3-5,8H,6,13H2,1-2H3. The van der Waals surface area contributed by atoms with Crippen molar-refractivity contribution in [1.29, 1.82) is 0 Å². The zero-order chi connectivity index (χ0) is 12.1. The summed E-state index contributed by atoms with van der Waals surface area (Å²) in [4.78, 5) is 11.4. The predicted molar refractivity (Wildman–Crippen MR) is 56.8 cm³/mol. The number of hydrogen-bond acceptors (Lipinski definition) is 4. The number of esters is 1. The molecule has 88 valence electrons. The Morgan fingerprint density at radius 3 is 2.69 bits per heavy atom. The molecule has 1 rings (SSSR count). The fourth-order valence-electron chi connectivity index (χ4n) is 1.51. The summed E-state index contributed by atoms with van der Waals surface area (Å²) in [6.45, 7) is 0.0342. The highest BCUT2D eigenvalue weighted by molar-refractivity contribution is 5.79. The first kappa shape index (κ1) is 12.4. The molecule has 5 heteroatoms. The van der Waals surface area contributed by atoms with Crippen molar-refractivity contribution in [2.24, 2.45) is 5.73 Å². The Labute approximate surface area is 93.2 Å². The van der Waals surface area contributed by atoms with Crippen LogP contribution in [-0.2, 0) is 9.53 Å². The van der Waals surface area contributed by atoms with E-state index in [1.54, 1.807) is 6.07 Å². The van der Waals surface area contributed by atoms with Gasteiger partial charge < -0.3 is 15.2 Å². The van der Waals surface area contributed by atoms with Crippen molar-refractivity contribution in [3.63, 3.8) is 0 Å². The summed E-state index contributed by atoms with van der Waals surface area (Å²) in [5.74, 6) is -1.72. The molecule has 1 unspecified atom stereocenters. The summed E-state index contributed by atoms with van der Waals surface area (Å²) < 4.78 is 22.9. The molecular formula is C11H14FNO3. The highest BCUT2D eigenvalue weighted by atomic mass is 19.1. The fourth-order valence-corrected chi connectivity index (χ4v) is 1.51. The van der Waals surface area contributed by atoms with Crippen molar-refractivity contribution in [1.82, 2.24) is 0 Å². The van der Waals surface area contributed by atoms with Crippen molar-refractivity contribution in [2.75, 3.05) is 20.8 Å². The molecule has 0 aliphatic rings. The number of rotatable bonds is 4. The van der Waals surface area contributed by atoms with Gasteiger partial charge in [0.05, 0.1) is 20.1 Å². The van der Waals surface area contributed by atoms with Gasteiger partial charge >= 0.3 is 5.97 Å². The molecule has 0 spiro atoms. The highest BCUT2D eigenvalue weighted by Crippen LogP contribution is 2.29. The van der Waals surface area contributed by atoms with Gasteiger partial charge in [0, 0.05) is 12.1 Å². The van der Waals surface area contributed by atoms with Crippen LogP contribution in [0.25, 0.3) is 0 Å². The Hall–Kier alpha value is -1.62. The van der Waals surface area contributed by atoms with Gasteiger partial charge in [-0.1, -0.05) is 12.1 Å². The Morgan fingerprint density at radius 2 is 2.19 bits per heavy atom. The van der Waals surface area contributed by atoms with Crippen molar-refractivity contribution in [2.45, 2.75) is 5.92 Å². The third kappa shape index (κ3) is 2.30. The average Bonchev–Trinajstić information content (AvgIpc) is 2.30. The first-order chi connectivity index (χ1) is 7.65. The smallest absolute Gasteiger partial charge is 0.314 e. The lowest BCUT2D eigenvalue weighted by Crippen LogP contribution is -2.23. The van der Waals surface area contributed by atoms with Gasteiger partial charge in [-0.2, -0.15) is 0 Å². The number of ether oxygens (including phenoxy) is 2. The van der Waals surface area contributed by atoms with Crippen LogP contribution < -0.4 is 10.5 Å². The molecule has 16 heavy (non-hydrogen) atoms. The zero-order valence-corrected chi connectivity index (χ0v) is 9.20. The summed E-state index contributed by atoms with van der Waals surface area (Å²) in [7, 11) is 2.60. The van der Waals surface area contributed by atoms with Gasteiger partial charge in [-0.15, -0.1) is 0 Å². The van der Waals surface area contributed by atoms with Crippen LogP contribution in [0.1, 0.15) is 11.5 Å². The third-order valence-electron chi connectivity index (χ3n) is 2.30. The van der Waals surface area contributed by atoms with Gasteiger partial charge in [0.2, 0.25) is 0 Å². The molecule has 0 saturated carbocycles. The lowest BCUT2D eigenvalue weighted by Gasteiger charge is -2.16. The maximum Gasteiger partial charge on any atom is 0.314 e. The van der Waals surface area contributed by atoms with Crippen LogP contribution in [0, 0.1) is 5.82 Å². The quantitative estimate of drug-likeness (QED) is 0.781. The number of hydrogen-bond donors (Lipinski definition) is 1. The molecule has 0 fully saturated rings. The normalized spacial score (nSPS) is 12.0. The van der Waals surface area contributed by atoms with E-state index in [-0.39, 0.29) is 12.3 Å². The van der Waals surface area contributed by atoms with E-state index in [4.69, 9.17) is 10.5 Å². The first-order valence-electron chi connectivity index (χ1n) is 4.76. The van der Waals surface area contributed by atoms with Gasteiger partial charge in [-0.3, -0.25) is 4.79 Å². The van der Waals surface area contributed by atoms with Gasteiger partial charge in [-0.25, -0.2) is 4.39 Å². The van der Waals surface area contributed by atoms with Crippen molar-refractivity contribution < 1.29 is 18.7 Å². The molecule has 0 bridgehead atoms. The van der Waals surface area contributed by atoms with Gasteiger partial charge in [0.1, 0.15) is 0 Å². The van der Waals surface area contributed by atoms with Crippen LogP contribution in [0.4, 0.5) is 4.39 Å². The van der Waals surface area contributed by atoms with E-state index in [1.165, 1.54) is 26.4 Å². The predicted octanol–water partition coefficient (Wildman–Crippen LogP) is 1.05. The Kier molecular flexibility index (Phi) is 4.25. The Morgan fingerprint density at radius 1 is 1.50 bits per heavy atom. The van der Waals surface area contributed by atoms with E-state index in [9.17, 15) is 9.18 Å². The Balaban J connectivity index is 3.19. The molecule has 0 radical (unpaired) electrons. The number of nitrogens with two attached hydrogens (primary N) is 1. The topological polar surface area (TPSA) is 61.5 Å². The van der Waals surface area contributed by atoms with E-state index < -0.39 is 17.7 Å². The lowest BCUT2D eigenvalue weighted by atomic mass is 9.98. The highest BCUT2D eigenvalue weighted by Gasteiger charge is 2.24. The van der Waals surface area contributed by atoms with E-state index >= 15 is 0 Å². The Bertz CT molecular complexity index is 381. The molecule has 1 atom stereocenters. The van der Waals surface area contributed by atoms with Gasteiger partial charge in [-0.05, 0) is 6.07 Å². The van der Waals surface area contributed by atoms with E-state index in [2.05, 4.69) is 4.74 Å². The average molecular weight is 227 g/mol. The van der Waals surface area contributed by atoms with Crippen LogP contribution in [0.2, 0.25) is 0 Å². The fraction of sp³-hybridized carbons (Fsp3) is 0.364. The minimum atomic E-state index is -0.712. The van der Waals surface area contributed by atoms with Crippen LogP contribution >= 0.6 is 0 Å². The minimum absolute atomic E-state index is 0.0309. The molecule has 0 heterocycles. The molecule has 0 aliphatic carbocycles. The first-order valence-corrected chi connectivity index (χ1v) is 4.76. The molecule has 4 nitrogen and oxygen atoms in total. The number of benzene rings is 1. The molecule has 0 aromatic heterocycles. The second kappa shape index (κ2) is 5.46. The van der Waals surface area contributed by atoms with E-state index in [0.29, 0.717) is 5.56 Å². The second-order valence-electron chi connectivity index (χ2n) is 3.17. The number of methoxy groups -OCH3 is 2. The van der Waals surface area contributed by atoms with Crippen molar-refractivity contribution in [3.8, 4) is 5.75 Å². The number of halogens is 1. The summed E-state index contributed by atoms with van der Waals surface area (Å²) in [6.07, 6.45) is 0. The van der Waals surface area contributed by atoms with Crippen LogP contribution in [0.5, 0.6) is 5.75 Å². The lowest BCUT2D eigenvalue weighted by molar-refractivity contribution is -0.142. The molecule has 2 N–H and O–H groups in total. The summed E-state index contributed by atoms with van der Waals surface area (Å²) in [5.41, 5.74) is 5.88. The molecule has 1 aromatic rings. The van der Waals surface area contributed by atoms with E-state index in [1.807, 2.05) is 0 Å². The van der Waals surface area contributed by atoms with Gasteiger partial charge in [0.15, 0.2) is 11.6 Å². The SMILES string of the molecule is COC(=O)C(CN)c1cccc(F)c1OC. The largest absolute Gasteiger partial charge is 0.493 e.